The molecule has 0 saturated heterocycles. The highest BCUT2D eigenvalue weighted by Crippen LogP contribution is 2.07. The SMILES string of the molecule is NC(=O)[C@H](CCc1ccccc1)NC(=O)Cc1cccc(F)c1. The first-order valence-electron chi connectivity index (χ1n) is 7.41. The Balaban J connectivity index is 1.91. The van der Waals surface area contributed by atoms with E-state index in [-0.39, 0.29) is 12.3 Å². The van der Waals surface area contributed by atoms with Gasteiger partial charge in [-0.2, -0.15) is 0 Å². The van der Waals surface area contributed by atoms with Crippen molar-refractivity contribution >= 4 is 11.8 Å². The zero-order chi connectivity index (χ0) is 16.7. The molecule has 0 aliphatic heterocycles. The van der Waals surface area contributed by atoms with E-state index in [1.807, 2.05) is 30.3 Å². The van der Waals surface area contributed by atoms with E-state index < -0.39 is 17.8 Å². The molecule has 2 aromatic rings. The molecular weight excluding hydrogens is 295 g/mol. The van der Waals surface area contributed by atoms with Gasteiger partial charge in [-0.15, -0.1) is 0 Å². The summed E-state index contributed by atoms with van der Waals surface area (Å²) in [4.78, 5) is 23.5. The zero-order valence-electron chi connectivity index (χ0n) is 12.7. The van der Waals surface area contributed by atoms with Crippen LogP contribution in [0.2, 0.25) is 0 Å². The van der Waals surface area contributed by atoms with Gasteiger partial charge in [0.15, 0.2) is 0 Å². The molecule has 2 rings (SSSR count). The third-order valence-corrected chi connectivity index (χ3v) is 3.50. The van der Waals surface area contributed by atoms with Crippen molar-refractivity contribution in [1.29, 1.82) is 0 Å². The van der Waals surface area contributed by atoms with Crippen LogP contribution in [0.1, 0.15) is 17.5 Å². The Labute approximate surface area is 134 Å². The lowest BCUT2D eigenvalue weighted by Crippen LogP contribution is -2.45. The van der Waals surface area contributed by atoms with Gasteiger partial charge in [-0.1, -0.05) is 42.5 Å². The zero-order valence-corrected chi connectivity index (χ0v) is 12.7. The van der Waals surface area contributed by atoms with Gasteiger partial charge in [-0.3, -0.25) is 9.59 Å². The van der Waals surface area contributed by atoms with Gasteiger partial charge in [0, 0.05) is 0 Å². The second-order valence-corrected chi connectivity index (χ2v) is 5.35. The topological polar surface area (TPSA) is 72.2 Å². The normalized spacial score (nSPS) is 11.7. The standard InChI is InChI=1S/C18H19FN2O2/c19-15-8-4-7-14(11-15)12-17(22)21-16(18(20)23)10-9-13-5-2-1-3-6-13/h1-8,11,16H,9-10,12H2,(H2,20,23)(H,21,22)/t16-/m0/s1. The predicted octanol–water partition coefficient (Wildman–Crippen LogP) is 1.97. The second-order valence-electron chi connectivity index (χ2n) is 5.35. The highest BCUT2D eigenvalue weighted by molar-refractivity contribution is 5.87. The van der Waals surface area contributed by atoms with E-state index in [1.54, 1.807) is 12.1 Å². The molecule has 5 heteroatoms. The van der Waals surface area contributed by atoms with E-state index in [4.69, 9.17) is 5.73 Å². The van der Waals surface area contributed by atoms with Gasteiger partial charge in [0.25, 0.3) is 0 Å². The van der Waals surface area contributed by atoms with Crippen LogP contribution < -0.4 is 11.1 Å². The van der Waals surface area contributed by atoms with Crippen LogP contribution in [0.4, 0.5) is 4.39 Å². The largest absolute Gasteiger partial charge is 0.368 e. The van der Waals surface area contributed by atoms with Crippen LogP contribution in [0.5, 0.6) is 0 Å². The maximum absolute atomic E-state index is 13.1. The Morgan fingerprint density at radius 2 is 1.74 bits per heavy atom. The van der Waals surface area contributed by atoms with Gasteiger partial charge in [-0.25, -0.2) is 4.39 Å². The first-order valence-corrected chi connectivity index (χ1v) is 7.41. The minimum atomic E-state index is -0.740. The Morgan fingerprint density at radius 1 is 1.04 bits per heavy atom. The molecular formula is C18H19FN2O2. The van der Waals surface area contributed by atoms with E-state index >= 15 is 0 Å². The number of carbonyl (C=O) groups excluding carboxylic acids is 2. The third-order valence-electron chi connectivity index (χ3n) is 3.50. The molecule has 2 amide bonds. The minimum absolute atomic E-state index is 0.00682. The fraction of sp³-hybridized carbons (Fsp3) is 0.222. The van der Waals surface area contributed by atoms with Crippen molar-refractivity contribution in [2.75, 3.05) is 0 Å². The number of nitrogens with two attached hydrogens (primary N) is 1. The van der Waals surface area contributed by atoms with Gasteiger partial charge in [-0.05, 0) is 36.1 Å². The van der Waals surface area contributed by atoms with Crippen LogP contribution in [-0.2, 0) is 22.4 Å². The number of nitrogens with one attached hydrogen (secondary N) is 1. The molecule has 23 heavy (non-hydrogen) atoms. The number of carbonyl (C=O) groups is 2. The summed E-state index contributed by atoms with van der Waals surface area (Å²) in [5, 5.41) is 2.62. The van der Waals surface area contributed by atoms with Crippen molar-refractivity contribution in [2.45, 2.75) is 25.3 Å². The summed E-state index contributed by atoms with van der Waals surface area (Å²) in [6, 6.07) is 14.7. The summed E-state index contributed by atoms with van der Waals surface area (Å²) in [5.74, 6) is -1.33. The van der Waals surface area contributed by atoms with Crippen LogP contribution in [0.3, 0.4) is 0 Å². The van der Waals surface area contributed by atoms with Crippen molar-refractivity contribution < 1.29 is 14.0 Å². The van der Waals surface area contributed by atoms with Crippen molar-refractivity contribution in [1.82, 2.24) is 5.32 Å². The number of benzene rings is 2. The van der Waals surface area contributed by atoms with E-state index in [2.05, 4.69) is 5.32 Å². The molecule has 0 fully saturated rings. The van der Waals surface area contributed by atoms with E-state index in [1.165, 1.54) is 12.1 Å². The maximum Gasteiger partial charge on any atom is 0.240 e. The first kappa shape index (κ1) is 16.7. The summed E-state index contributed by atoms with van der Waals surface area (Å²) in [6.45, 7) is 0. The van der Waals surface area contributed by atoms with Gasteiger partial charge in [0.1, 0.15) is 11.9 Å². The number of aryl methyl sites for hydroxylation is 1. The Kier molecular flexibility index (Phi) is 5.86. The van der Waals surface area contributed by atoms with Crippen LogP contribution in [0.25, 0.3) is 0 Å². The van der Waals surface area contributed by atoms with Crippen molar-refractivity contribution in [3.8, 4) is 0 Å². The van der Waals surface area contributed by atoms with Crippen LogP contribution in [0, 0.1) is 5.82 Å². The molecule has 3 N–H and O–H groups in total. The monoisotopic (exact) mass is 314 g/mol. The average molecular weight is 314 g/mol. The second kappa shape index (κ2) is 8.08. The van der Waals surface area contributed by atoms with Gasteiger partial charge in [0.05, 0.1) is 6.42 Å². The average Bonchev–Trinajstić information content (AvgIpc) is 2.52. The molecule has 0 spiro atoms. The lowest BCUT2D eigenvalue weighted by atomic mass is 10.0. The number of hydrogen-bond acceptors (Lipinski definition) is 2. The number of amides is 2. The molecule has 120 valence electrons. The van der Waals surface area contributed by atoms with E-state index in [0.29, 0.717) is 18.4 Å². The molecule has 0 unspecified atom stereocenters. The molecule has 0 bridgehead atoms. The van der Waals surface area contributed by atoms with E-state index in [9.17, 15) is 14.0 Å². The molecule has 0 aliphatic rings. The predicted molar refractivity (Wildman–Crippen MR) is 86.0 cm³/mol. The molecule has 2 aromatic carbocycles. The third kappa shape index (κ3) is 5.54. The lowest BCUT2D eigenvalue weighted by Gasteiger charge is -2.15. The summed E-state index contributed by atoms with van der Waals surface area (Å²) in [7, 11) is 0. The van der Waals surface area contributed by atoms with Crippen molar-refractivity contribution in [3.05, 3.63) is 71.5 Å². The summed E-state index contributed by atoms with van der Waals surface area (Å²) in [5.41, 5.74) is 6.97. The Bertz CT molecular complexity index is 674. The molecule has 0 aromatic heterocycles. The molecule has 1 atom stereocenters. The summed E-state index contributed by atoms with van der Waals surface area (Å²) in [6.07, 6.45) is 1.07. The molecule has 0 radical (unpaired) electrons. The van der Waals surface area contributed by atoms with Gasteiger partial charge < -0.3 is 11.1 Å². The van der Waals surface area contributed by atoms with Gasteiger partial charge >= 0.3 is 0 Å². The van der Waals surface area contributed by atoms with E-state index in [0.717, 1.165) is 5.56 Å². The van der Waals surface area contributed by atoms with Crippen LogP contribution >= 0.6 is 0 Å². The Morgan fingerprint density at radius 3 is 2.39 bits per heavy atom. The first-order chi connectivity index (χ1) is 11.0. The fourth-order valence-corrected chi connectivity index (χ4v) is 2.32. The molecule has 0 heterocycles. The summed E-state index contributed by atoms with van der Waals surface area (Å²) < 4.78 is 13.1. The number of halogens is 1. The molecule has 0 saturated carbocycles. The fourth-order valence-electron chi connectivity index (χ4n) is 2.32. The quantitative estimate of drug-likeness (QED) is 0.820. The number of primary amides is 1. The van der Waals surface area contributed by atoms with Crippen molar-refractivity contribution in [3.63, 3.8) is 0 Å². The highest BCUT2D eigenvalue weighted by atomic mass is 19.1. The number of rotatable bonds is 7. The molecule has 0 aliphatic carbocycles. The van der Waals surface area contributed by atoms with Crippen molar-refractivity contribution in [2.24, 2.45) is 5.73 Å². The maximum atomic E-state index is 13.1. The summed E-state index contributed by atoms with van der Waals surface area (Å²) >= 11 is 0. The minimum Gasteiger partial charge on any atom is -0.368 e. The Hall–Kier alpha value is -2.69. The number of hydrogen-bond donors (Lipinski definition) is 2. The van der Waals surface area contributed by atoms with Crippen LogP contribution in [0.15, 0.2) is 54.6 Å². The van der Waals surface area contributed by atoms with Crippen LogP contribution in [-0.4, -0.2) is 17.9 Å². The smallest absolute Gasteiger partial charge is 0.240 e. The lowest BCUT2D eigenvalue weighted by molar-refractivity contribution is -0.127. The van der Waals surface area contributed by atoms with Gasteiger partial charge in [0.2, 0.25) is 11.8 Å². The molecule has 4 nitrogen and oxygen atoms in total. The highest BCUT2D eigenvalue weighted by Gasteiger charge is 2.18.